The highest BCUT2D eigenvalue weighted by atomic mass is 32.2. The molecule has 1 heterocycles. The minimum Gasteiger partial charge on any atom is -0.315 e. The molecule has 4 heteroatoms. The lowest BCUT2D eigenvalue weighted by atomic mass is 10.3. The maximum atomic E-state index is 12.1. The molecule has 2 rings (SSSR count). The summed E-state index contributed by atoms with van der Waals surface area (Å²) < 4.78 is 14.2. The van der Waals surface area contributed by atoms with Gasteiger partial charge in [-0.3, -0.25) is 0 Å². The molecule has 1 saturated heterocycles. The van der Waals surface area contributed by atoms with Gasteiger partial charge in [0, 0.05) is 24.9 Å². The SMILES string of the molecule is CN(C1CCNC1)S(=O)C1CCCC1. The Balaban J connectivity index is 1.89. The van der Waals surface area contributed by atoms with Crippen LogP contribution in [0.25, 0.3) is 0 Å². The molecule has 2 unspecified atom stereocenters. The van der Waals surface area contributed by atoms with Crippen LogP contribution in [0.1, 0.15) is 32.1 Å². The molecule has 0 aromatic rings. The highest BCUT2D eigenvalue weighted by molar-refractivity contribution is 7.83. The number of hydrogen-bond acceptors (Lipinski definition) is 2. The summed E-state index contributed by atoms with van der Waals surface area (Å²) in [5.41, 5.74) is 0. The Hall–Kier alpha value is 0.0700. The summed E-state index contributed by atoms with van der Waals surface area (Å²) in [4.78, 5) is 0. The Bertz CT molecular complexity index is 210. The Morgan fingerprint density at radius 1 is 1.29 bits per heavy atom. The second-order valence-corrected chi connectivity index (χ2v) is 6.17. The number of nitrogens with zero attached hydrogens (tertiary/aromatic N) is 1. The molecule has 2 atom stereocenters. The van der Waals surface area contributed by atoms with Gasteiger partial charge in [0.1, 0.15) is 0 Å². The van der Waals surface area contributed by atoms with Crippen LogP contribution >= 0.6 is 0 Å². The van der Waals surface area contributed by atoms with E-state index in [0.29, 0.717) is 11.3 Å². The van der Waals surface area contributed by atoms with Crippen molar-refractivity contribution in [2.75, 3.05) is 20.1 Å². The van der Waals surface area contributed by atoms with Crippen LogP contribution < -0.4 is 5.32 Å². The fraction of sp³-hybridized carbons (Fsp3) is 1.00. The molecule has 82 valence electrons. The van der Waals surface area contributed by atoms with Gasteiger partial charge in [0.25, 0.3) is 0 Å². The quantitative estimate of drug-likeness (QED) is 0.760. The zero-order chi connectivity index (χ0) is 9.97. The second-order valence-electron chi connectivity index (χ2n) is 4.38. The normalized spacial score (nSPS) is 31.4. The maximum Gasteiger partial charge on any atom is 0.0974 e. The van der Waals surface area contributed by atoms with Crippen LogP contribution in [-0.2, 0) is 11.0 Å². The largest absolute Gasteiger partial charge is 0.315 e. The fourth-order valence-corrected chi connectivity index (χ4v) is 4.10. The fourth-order valence-electron chi connectivity index (χ4n) is 2.42. The molecule has 1 aliphatic heterocycles. The van der Waals surface area contributed by atoms with E-state index in [1.54, 1.807) is 0 Å². The summed E-state index contributed by atoms with van der Waals surface area (Å²) in [6.45, 7) is 2.09. The molecule has 14 heavy (non-hydrogen) atoms. The van der Waals surface area contributed by atoms with Crippen molar-refractivity contribution in [1.29, 1.82) is 0 Å². The van der Waals surface area contributed by atoms with E-state index >= 15 is 0 Å². The Morgan fingerprint density at radius 2 is 2.00 bits per heavy atom. The van der Waals surface area contributed by atoms with Crippen LogP contribution in [0.2, 0.25) is 0 Å². The molecule has 1 aliphatic carbocycles. The summed E-state index contributed by atoms with van der Waals surface area (Å²) in [6.07, 6.45) is 6.02. The second kappa shape index (κ2) is 4.73. The van der Waals surface area contributed by atoms with Crippen molar-refractivity contribution in [2.45, 2.75) is 43.4 Å². The summed E-state index contributed by atoms with van der Waals surface area (Å²) in [6, 6.07) is 0.497. The third-order valence-corrected chi connectivity index (χ3v) is 5.33. The molecule has 3 nitrogen and oxygen atoms in total. The summed E-state index contributed by atoms with van der Waals surface area (Å²) >= 11 is 0. The van der Waals surface area contributed by atoms with Crippen molar-refractivity contribution < 1.29 is 4.21 Å². The third-order valence-electron chi connectivity index (χ3n) is 3.42. The van der Waals surface area contributed by atoms with Gasteiger partial charge in [-0.1, -0.05) is 12.8 Å². The topological polar surface area (TPSA) is 32.3 Å². The van der Waals surface area contributed by atoms with E-state index in [1.165, 1.54) is 12.8 Å². The van der Waals surface area contributed by atoms with Gasteiger partial charge in [-0.15, -0.1) is 0 Å². The van der Waals surface area contributed by atoms with Crippen molar-refractivity contribution in [3.63, 3.8) is 0 Å². The standard InChI is InChI=1S/C10H20N2OS/c1-12(9-6-7-11-8-9)14(13)10-4-2-3-5-10/h9-11H,2-8H2,1H3. The summed E-state index contributed by atoms with van der Waals surface area (Å²) in [5, 5.41) is 3.77. The van der Waals surface area contributed by atoms with Crippen molar-refractivity contribution in [1.82, 2.24) is 9.62 Å². The lowest BCUT2D eigenvalue weighted by molar-refractivity contribution is 0.410. The minimum absolute atomic E-state index is 0.445. The predicted molar refractivity (Wildman–Crippen MR) is 59.4 cm³/mol. The molecule has 0 bridgehead atoms. The molecule has 0 amide bonds. The number of likely N-dealkylation sites (N-methyl/N-ethyl adjacent to an activating group) is 1. The van der Waals surface area contributed by atoms with E-state index in [2.05, 4.69) is 9.62 Å². The Labute approximate surface area is 88.8 Å². The van der Waals surface area contributed by atoms with Crippen molar-refractivity contribution in [3.05, 3.63) is 0 Å². The highest BCUT2D eigenvalue weighted by Gasteiger charge is 2.29. The average Bonchev–Trinajstić information content (AvgIpc) is 2.87. The first-order valence-electron chi connectivity index (χ1n) is 5.63. The van der Waals surface area contributed by atoms with Crippen LogP contribution in [0.3, 0.4) is 0 Å². The lowest BCUT2D eigenvalue weighted by Gasteiger charge is -2.25. The van der Waals surface area contributed by atoms with Crippen LogP contribution in [0, 0.1) is 0 Å². The van der Waals surface area contributed by atoms with Gasteiger partial charge >= 0.3 is 0 Å². The van der Waals surface area contributed by atoms with E-state index in [9.17, 15) is 4.21 Å². The Morgan fingerprint density at radius 3 is 2.57 bits per heavy atom. The van der Waals surface area contributed by atoms with E-state index in [4.69, 9.17) is 0 Å². The van der Waals surface area contributed by atoms with Crippen LogP contribution in [0.15, 0.2) is 0 Å². The molecule has 0 radical (unpaired) electrons. The van der Waals surface area contributed by atoms with Gasteiger partial charge in [0.2, 0.25) is 0 Å². The first-order chi connectivity index (χ1) is 6.79. The highest BCUT2D eigenvalue weighted by Crippen LogP contribution is 2.25. The zero-order valence-corrected chi connectivity index (χ0v) is 9.68. The third kappa shape index (κ3) is 2.18. The molecular formula is C10H20N2OS. The van der Waals surface area contributed by atoms with Gasteiger partial charge in [-0.2, -0.15) is 0 Å². The summed E-state index contributed by atoms with van der Waals surface area (Å²) in [7, 11) is 1.28. The van der Waals surface area contributed by atoms with Crippen LogP contribution in [0.4, 0.5) is 0 Å². The monoisotopic (exact) mass is 216 g/mol. The molecule has 0 spiro atoms. The first-order valence-corrected chi connectivity index (χ1v) is 6.80. The smallest absolute Gasteiger partial charge is 0.0974 e. The molecule has 0 aromatic carbocycles. The predicted octanol–water partition coefficient (Wildman–Crippen LogP) is 0.886. The van der Waals surface area contributed by atoms with E-state index in [1.807, 2.05) is 7.05 Å². The number of nitrogens with one attached hydrogen (secondary N) is 1. The van der Waals surface area contributed by atoms with Crippen molar-refractivity contribution in [2.24, 2.45) is 0 Å². The minimum atomic E-state index is -0.737. The number of hydrogen-bond donors (Lipinski definition) is 1. The van der Waals surface area contributed by atoms with Gasteiger partial charge in [0.15, 0.2) is 0 Å². The van der Waals surface area contributed by atoms with Gasteiger partial charge in [-0.25, -0.2) is 8.51 Å². The molecule has 2 aliphatic rings. The van der Waals surface area contributed by atoms with E-state index in [-0.39, 0.29) is 0 Å². The van der Waals surface area contributed by atoms with Crippen molar-refractivity contribution in [3.8, 4) is 0 Å². The van der Waals surface area contributed by atoms with Crippen molar-refractivity contribution >= 4 is 11.0 Å². The number of rotatable bonds is 3. The van der Waals surface area contributed by atoms with Crippen LogP contribution in [0.5, 0.6) is 0 Å². The molecule has 0 aromatic heterocycles. The molecule has 1 saturated carbocycles. The summed E-state index contributed by atoms with van der Waals surface area (Å²) in [5.74, 6) is 0. The van der Waals surface area contributed by atoms with E-state index < -0.39 is 11.0 Å². The lowest BCUT2D eigenvalue weighted by Crippen LogP contribution is -2.38. The first kappa shape index (κ1) is 10.6. The van der Waals surface area contributed by atoms with Gasteiger partial charge in [0.05, 0.1) is 11.0 Å². The Kier molecular flexibility index (Phi) is 3.57. The van der Waals surface area contributed by atoms with Crippen LogP contribution in [-0.4, -0.2) is 39.9 Å². The van der Waals surface area contributed by atoms with E-state index in [0.717, 1.165) is 32.4 Å². The molecule has 1 N–H and O–H groups in total. The molecular weight excluding hydrogens is 196 g/mol. The average molecular weight is 216 g/mol. The van der Waals surface area contributed by atoms with Gasteiger partial charge < -0.3 is 5.32 Å². The van der Waals surface area contributed by atoms with Gasteiger partial charge in [-0.05, 0) is 25.8 Å². The molecule has 2 fully saturated rings. The maximum absolute atomic E-state index is 12.1. The zero-order valence-electron chi connectivity index (χ0n) is 8.87.